The molecule has 0 amide bonds. The van der Waals surface area contributed by atoms with E-state index in [2.05, 4.69) is 0 Å². The van der Waals surface area contributed by atoms with E-state index in [1.54, 1.807) is 0 Å². The summed E-state index contributed by atoms with van der Waals surface area (Å²) in [6, 6.07) is 0. The van der Waals surface area contributed by atoms with Gasteiger partial charge in [0.05, 0.1) is 0 Å². The van der Waals surface area contributed by atoms with Gasteiger partial charge in [-0.15, -0.1) is 0 Å². The minimum Gasteiger partial charge on any atom is -0.462 e. The first kappa shape index (κ1) is 8.05. The summed E-state index contributed by atoms with van der Waals surface area (Å²) in [5.74, 6) is 0.882. The average molecular weight is 170 g/mol. The average Bonchev–Trinajstić information content (AvgIpc) is 2.32. The van der Waals surface area contributed by atoms with Crippen LogP contribution in [0.3, 0.4) is 0 Å². The van der Waals surface area contributed by atoms with Crippen molar-refractivity contribution in [2.24, 2.45) is 11.8 Å². The monoisotopic (exact) mass is 170 g/mol. The van der Waals surface area contributed by atoms with Gasteiger partial charge < -0.3 is 9.84 Å². The molecule has 2 rings (SSSR count). The lowest BCUT2D eigenvalue weighted by Crippen LogP contribution is -2.32. The van der Waals surface area contributed by atoms with Crippen LogP contribution >= 0.6 is 0 Å². The zero-order valence-corrected chi connectivity index (χ0v) is 7.03. The summed E-state index contributed by atoms with van der Waals surface area (Å²) in [4.78, 5) is 11.0. The number of aliphatic hydroxyl groups is 1. The van der Waals surface area contributed by atoms with Gasteiger partial charge in [-0.1, -0.05) is 0 Å². The van der Waals surface area contributed by atoms with Gasteiger partial charge in [-0.25, -0.2) is 0 Å². The fraction of sp³-hybridized carbons (Fsp3) is 0.889. The number of esters is 1. The molecule has 12 heavy (non-hydrogen) atoms. The second-order valence-electron chi connectivity index (χ2n) is 3.75. The summed E-state index contributed by atoms with van der Waals surface area (Å²) < 4.78 is 5.19. The standard InChI is InChI=1S/C9H14O3/c10-4-3-7-6-1-2-8(7)12-9(11)5-6/h6-8,10H,1-5H2/t6-,7+,8-/m1/s1. The summed E-state index contributed by atoms with van der Waals surface area (Å²) in [6.45, 7) is 0.217. The SMILES string of the molecule is O=C1C[C@H]2CC[C@@H](O1)[C@H]2CCO. The van der Waals surface area contributed by atoms with E-state index in [0.717, 1.165) is 19.3 Å². The maximum atomic E-state index is 11.0. The van der Waals surface area contributed by atoms with Crippen LogP contribution in [-0.2, 0) is 9.53 Å². The van der Waals surface area contributed by atoms with E-state index in [4.69, 9.17) is 9.84 Å². The fourth-order valence-electron chi connectivity index (χ4n) is 2.51. The van der Waals surface area contributed by atoms with Gasteiger partial charge in [0, 0.05) is 18.9 Å². The molecule has 0 unspecified atom stereocenters. The van der Waals surface area contributed by atoms with Crippen LogP contribution in [0.25, 0.3) is 0 Å². The Balaban J connectivity index is 2.04. The molecule has 2 aliphatic rings. The highest BCUT2D eigenvalue weighted by Crippen LogP contribution is 2.42. The summed E-state index contributed by atoms with van der Waals surface area (Å²) in [7, 11) is 0. The quantitative estimate of drug-likeness (QED) is 0.621. The third-order valence-corrected chi connectivity index (χ3v) is 3.08. The number of carbonyl (C=O) groups is 1. The Morgan fingerprint density at radius 1 is 1.50 bits per heavy atom. The van der Waals surface area contributed by atoms with E-state index >= 15 is 0 Å². The number of ether oxygens (including phenoxy) is 1. The van der Waals surface area contributed by atoms with Crippen molar-refractivity contribution < 1.29 is 14.6 Å². The van der Waals surface area contributed by atoms with Gasteiger partial charge >= 0.3 is 5.97 Å². The molecule has 1 aliphatic carbocycles. The van der Waals surface area contributed by atoms with Gasteiger partial charge in [-0.2, -0.15) is 0 Å². The molecule has 0 aromatic heterocycles. The van der Waals surface area contributed by atoms with Crippen LogP contribution in [-0.4, -0.2) is 23.8 Å². The predicted octanol–water partition coefficient (Wildman–Crippen LogP) is 0.710. The molecule has 3 heteroatoms. The van der Waals surface area contributed by atoms with Crippen molar-refractivity contribution in [2.75, 3.05) is 6.61 Å². The van der Waals surface area contributed by atoms with Gasteiger partial charge in [0.2, 0.25) is 0 Å². The number of fused-ring (bicyclic) bond motifs is 2. The molecule has 0 aromatic rings. The molecule has 0 spiro atoms. The zero-order valence-electron chi connectivity index (χ0n) is 7.03. The molecule has 0 aromatic carbocycles. The molecule has 1 aliphatic heterocycles. The largest absolute Gasteiger partial charge is 0.462 e. The molecular weight excluding hydrogens is 156 g/mol. The first-order valence-corrected chi connectivity index (χ1v) is 4.61. The number of hydrogen-bond donors (Lipinski definition) is 1. The highest BCUT2D eigenvalue weighted by atomic mass is 16.5. The second-order valence-corrected chi connectivity index (χ2v) is 3.75. The highest BCUT2D eigenvalue weighted by molar-refractivity contribution is 5.71. The van der Waals surface area contributed by atoms with Crippen LogP contribution in [0.2, 0.25) is 0 Å². The van der Waals surface area contributed by atoms with Crippen molar-refractivity contribution in [1.82, 2.24) is 0 Å². The minimum absolute atomic E-state index is 0.0447. The molecule has 3 atom stereocenters. The Kier molecular flexibility index (Phi) is 2.05. The molecule has 2 fully saturated rings. The van der Waals surface area contributed by atoms with Crippen LogP contribution in [0.4, 0.5) is 0 Å². The Labute approximate surface area is 71.7 Å². The number of aliphatic hydroxyl groups excluding tert-OH is 1. The Bertz CT molecular complexity index is 174. The lowest BCUT2D eigenvalue weighted by atomic mass is 9.87. The summed E-state index contributed by atoms with van der Waals surface area (Å²) >= 11 is 0. The van der Waals surface area contributed by atoms with E-state index in [9.17, 15) is 4.79 Å². The number of hydrogen-bond acceptors (Lipinski definition) is 3. The van der Waals surface area contributed by atoms with E-state index in [-0.39, 0.29) is 18.7 Å². The molecule has 1 N–H and O–H groups in total. The topological polar surface area (TPSA) is 46.5 Å². The van der Waals surface area contributed by atoms with Crippen LogP contribution in [0.1, 0.15) is 25.7 Å². The van der Waals surface area contributed by atoms with E-state index in [1.807, 2.05) is 0 Å². The van der Waals surface area contributed by atoms with E-state index < -0.39 is 0 Å². The minimum atomic E-state index is -0.0447. The lowest BCUT2D eigenvalue weighted by molar-refractivity contribution is -0.158. The highest BCUT2D eigenvalue weighted by Gasteiger charge is 2.43. The van der Waals surface area contributed by atoms with E-state index in [1.165, 1.54) is 0 Å². The van der Waals surface area contributed by atoms with Crippen LogP contribution in [0.15, 0.2) is 0 Å². The van der Waals surface area contributed by atoms with Crippen molar-refractivity contribution in [1.29, 1.82) is 0 Å². The lowest BCUT2D eigenvalue weighted by Gasteiger charge is -2.28. The molecule has 3 nitrogen and oxygen atoms in total. The van der Waals surface area contributed by atoms with Crippen molar-refractivity contribution in [3.8, 4) is 0 Å². The van der Waals surface area contributed by atoms with Crippen LogP contribution < -0.4 is 0 Å². The summed E-state index contributed by atoms with van der Waals surface area (Å²) in [5, 5.41) is 8.81. The fourth-order valence-corrected chi connectivity index (χ4v) is 2.51. The second kappa shape index (κ2) is 3.05. The Morgan fingerprint density at radius 2 is 2.33 bits per heavy atom. The third-order valence-electron chi connectivity index (χ3n) is 3.08. The smallest absolute Gasteiger partial charge is 0.306 e. The third kappa shape index (κ3) is 1.22. The zero-order chi connectivity index (χ0) is 8.55. The van der Waals surface area contributed by atoms with Crippen molar-refractivity contribution in [2.45, 2.75) is 31.8 Å². The molecule has 0 radical (unpaired) electrons. The van der Waals surface area contributed by atoms with Crippen molar-refractivity contribution in [3.63, 3.8) is 0 Å². The molecule has 1 heterocycles. The maximum Gasteiger partial charge on any atom is 0.306 e. The number of carbonyl (C=O) groups excluding carboxylic acids is 1. The van der Waals surface area contributed by atoms with Crippen molar-refractivity contribution in [3.05, 3.63) is 0 Å². The van der Waals surface area contributed by atoms with Crippen molar-refractivity contribution >= 4 is 5.97 Å². The van der Waals surface area contributed by atoms with Gasteiger partial charge in [-0.05, 0) is 25.2 Å². The predicted molar refractivity (Wildman–Crippen MR) is 42.4 cm³/mol. The van der Waals surface area contributed by atoms with Crippen LogP contribution in [0.5, 0.6) is 0 Å². The first-order valence-electron chi connectivity index (χ1n) is 4.61. The number of rotatable bonds is 2. The van der Waals surface area contributed by atoms with Gasteiger partial charge in [0.15, 0.2) is 0 Å². The molecule has 1 saturated carbocycles. The molecule has 1 saturated heterocycles. The Morgan fingerprint density at radius 3 is 3.00 bits per heavy atom. The molecule has 2 bridgehead atoms. The normalized spacial score (nSPS) is 39.8. The summed E-state index contributed by atoms with van der Waals surface area (Å²) in [6.07, 6.45) is 3.58. The maximum absolute atomic E-state index is 11.0. The van der Waals surface area contributed by atoms with E-state index in [0.29, 0.717) is 18.3 Å². The van der Waals surface area contributed by atoms with Gasteiger partial charge in [0.25, 0.3) is 0 Å². The Hall–Kier alpha value is -0.570. The van der Waals surface area contributed by atoms with Crippen LogP contribution in [0, 0.1) is 11.8 Å². The van der Waals surface area contributed by atoms with Gasteiger partial charge in [-0.3, -0.25) is 4.79 Å². The van der Waals surface area contributed by atoms with Gasteiger partial charge in [0.1, 0.15) is 6.10 Å². The first-order chi connectivity index (χ1) is 5.81. The molecular formula is C9H14O3. The summed E-state index contributed by atoms with van der Waals surface area (Å²) in [5.41, 5.74) is 0. The molecule has 68 valence electrons.